The first-order chi connectivity index (χ1) is 13.1. The van der Waals surface area contributed by atoms with Crippen LogP contribution in [0.3, 0.4) is 0 Å². The van der Waals surface area contributed by atoms with Crippen LogP contribution in [0.4, 0.5) is 13.2 Å². The van der Waals surface area contributed by atoms with E-state index in [1.54, 1.807) is 36.7 Å². The Kier molecular flexibility index (Phi) is 5.51. The number of hydrogen-bond donors (Lipinski definition) is 1. The van der Waals surface area contributed by atoms with Gasteiger partial charge in [-0.3, -0.25) is 9.78 Å². The topological polar surface area (TPSA) is 56.2 Å². The highest BCUT2D eigenvalue weighted by Crippen LogP contribution is 2.24. The summed E-state index contributed by atoms with van der Waals surface area (Å²) in [5.41, 5.74) is 1.81. The Bertz CT molecular complexity index is 1020. The molecule has 0 aliphatic carbocycles. The van der Waals surface area contributed by atoms with E-state index in [1.165, 1.54) is 18.5 Å². The second-order valence-corrected chi connectivity index (χ2v) is 6.78. The van der Waals surface area contributed by atoms with Crippen molar-refractivity contribution in [3.8, 4) is 5.75 Å². The molecule has 3 rings (SSSR count). The van der Waals surface area contributed by atoms with Crippen molar-refractivity contribution in [2.45, 2.75) is 19.1 Å². The lowest BCUT2D eigenvalue weighted by atomic mass is 10.1. The maximum Gasteiger partial charge on any atom is 0.422 e. The molecule has 0 radical (unpaired) electrons. The number of rotatable bonds is 5. The summed E-state index contributed by atoms with van der Waals surface area (Å²) in [6, 6.07) is 7.99. The van der Waals surface area contributed by atoms with Gasteiger partial charge in [-0.2, -0.15) is 13.2 Å². The molecule has 148 valence electrons. The minimum absolute atomic E-state index is 0.0184. The molecule has 0 bridgehead atoms. The third kappa shape index (κ3) is 4.56. The first-order valence-corrected chi connectivity index (χ1v) is 8.72. The molecular formula is C19H17ClF3N3O2. The highest BCUT2D eigenvalue weighted by Gasteiger charge is 2.28. The van der Waals surface area contributed by atoms with Gasteiger partial charge in [0, 0.05) is 29.2 Å². The van der Waals surface area contributed by atoms with Gasteiger partial charge in [-0.25, -0.2) is 0 Å². The molecule has 0 aliphatic rings. The fourth-order valence-electron chi connectivity index (χ4n) is 2.81. The van der Waals surface area contributed by atoms with E-state index in [-0.39, 0.29) is 11.7 Å². The lowest BCUT2D eigenvalue weighted by Gasteiger charge is -2.16. The van der Waals surface area contributed by atoms with Crippen LogP contribution in [-0.4, -0.2) is 28.2 Å². The predicted octanol–water partition coefficient (Wildman–Crippen LogP) is 4.66. The third-order valence-corrected chi connectivity index (χ3v) is 4.46. The monoisotopic (exact) mass is 411 g/mol. The zero-order chi connectivity index (χ0) is 20.5. The van der Waals surface area contributed by atoms with E-state index in [0.29, 0.717) is 16.3 Å². The van der Waals surface area contributed by atoms with Crippen molar-refractivity contribution < 1.29 is 22.7 Å². The summed E-state index contributed by atoms with van der Waals surface area (Å²) >= 11 is 5.99. The second-order valence-electron chi connectivity index (χ2n) is 6.34. The van der Waals surface area contributed by atoms with E-state index in [4.69, 9.17) is 16.3 Å². The van der Waals surface area contributed by atoms with Crippen LogP contribution in [0.5, 0.6) is 5.75 Å². The number of amides is 1. The van der Waals surface area contributed by atoms with Gasteiger partial charge >= 0.3 is 6.18 Å². The first-order valence-electron chi connectivity index (χ1n) is 8.34. The van der Waals surface area contributed by atoms with E-state index in [0.717, 1.165) is 10.9 Å². The number of hydrogen-bond acceptors (Lipinski definition) is 3. The maximum atomic E-state index is 12.7. The normalized spacial score (nSPS) is 12.8. The van der Waals surface area contributed by atoms with Crippen molar-refractivity contribution in [3.63, 3.8) is 0 Å². The average Bonchev–Trinajstić information content (AvgIpc) is 2.95. The minimum atomic E-state index is -4.44. The second kappa shape index (κ2) is 7.71. The van der Waals surface area contributed by atoms with Gasteiger partial charge in [-0.05, 0) is 42.8 Å². The number of carbonyl (C=O) groups is 1. The number of pyridine rings is 1. The van der Waals surface area contributed by atoms with E-state index in [9.17, 15) is 18.0 Å². The van der Waals surface area contributed by atoms with Crippen LogP contribution in [-0.2, 0) is 7.05 Å². The standard InChI is InChI=1S/C19H17ClF3N3O2/c1-11(13-6-15(9-24-8-13)28-10-19(21,22)23)25-18(27)17-7-12-5-14(20)3-4-16(12)26(17)2/h3-9,11H,10H2,1-2H3,(H,25,27). The molecule has 2 aromatic heterocycles. The third-order valence-electron chi connectivity index (χ3n) is 4.22. The number of benzene rings is 1. The Morgan fingerprint density at radius 3 is 2.75 bits per heavy atom. The van der Waals surface area contributed by atoms with Crippen LogP contribution in [0.2, 0.25) is 5.02 Å². The molecule has 9 heteroatoms. The summed E-state index contributed by atoms with van der Waals surface area (Å²) in [4.78, 5) is 16.6. The van der Waals surface area contributed by atoms with Crippen molar-refractivity contribution >= 4 is 28.4 Å². The van der Waals surface area contributed by atoms with Crippen LogP contribution in [0.15, 0.2) is 42.7 Å². The van der Waals surface area contributed by atoms with Gasteiger partial charge in [0.15, 0.2) is 6.61 Å². The van der Waals surface area contributed by atoms with Gasteiger partial charge in [-0.1, -0.05) is 11.6 Å². The molecule has 1 amide bonds. The zero-order valence-corrected chi connectivity index (χ0v) is 15.8. The van der Waals surface area contributed by atoms with Crippen molar-refractivity contribution in [2.75, 3.05) is 6.61 Å². The SMILES string of the molecule is CC(NC(=O)c1cc2cc(Cl)ccc2n1C)c1cncc(OCC(F)(F)F)c1. The number of ether oxygens (including phenoxy) is 1. The van der Waals surface area contributed by atoms with Gasteiger partial charge < -0.3 is 14.6 Å². The number of aryl methyl sites for hydroxylation is 1. The first kappa shape index (κ1) is 20.0. The number of nitrogens with one attached hydrogen (secondary N) is 1. The molecule has 1 atom stereocenters. The summed E-state index contributed by atoms with van der Waals surface area (Å²) in [5, 5.41) is 4.22. The molecular weight excluding hydrogens is 395 g/mol. The molecule has 1 N–H and O–H groups in total. The van der Waals surface area contributed by atoms with Crippen molar-refractivity contribution in [3.05, 3.63) is 59.0 Å². The summed E-state index contributed by atoms with van der Waals surface area (Å²) in [6.45, 7) is 0.305. The fourth-order valence-corrected chi connectivity index (χ4v) is 2.99. The molecule has 1 aromatic carbocycles. The van der Waals surface area contributed by atoms with Gasteiger partial charge in [0.2, 0.25) is 0 Å². The molecule has 28 heavy (non-hydrogen) atoms. The summed E-state index contributed by atoms with van der Waals surface area (Å²) in [6.07, 6.45) is -1.78. The van der Waals surface area contributed by atoms with E-state index >= 15 is 0 Å². The van der Waals surface area contributed by atoms with E-state index < -0.39 is 18.8 Å². The number of alkyl halides is 3. The predicted molar refractivity (Wildman–Crippen MR) is 99.6 cm³/mol. The highest BCUT2D eigenvalue weighted by molar-refractivity contribution is 6.31. The largest absolute Gasteiger partial charge is 0.482 e. The van der Waals surface area contributed by atoms with Crippen LogP contribution in [0.1, 0.15) is 29.0 Å². The fraction of sp³-hybridized carbons (Fsp3) is 0.263. The molecule has 1 unspecified atom stereocenters. The number of aromatic nitrogens is 2. The Balaban J connectivity index is 1.75. The number of halogens is 4. The van der Waals surface area contributed by atoms with Crippen LogP contribution < -0.4 is 10.1 Å². The molecule has 0 aliphatic heterocycles. The zero-order valence-electron chi connectivity index (χ0n) is 15.0. The smallest absolute Gasteiger partial charge is 0.422 e. The highest BCUT2D eigenvalue weighted by atomic mass is 35.5. The minimum Gasteiger partial charge on any atom is -0.482 e. The van der Waals surface area contributed by atoms with Crippen LogP contribution in [0.25, 0.3) is 10.9 Å². The van der Waals surface area contributed by atoms with E-state index in [1.807, 2.05) is 6.07 Å². The van der Waals surface area contributed by atoms with Gasteiger partial charge in [0.25, 0.3) is 5.91 Å². The lowest BCUT2D eigenvalue weighted by molar-refractivity contribution is -0.153. The Hall–Kier alpha value is -2.74. The molecule has 3 aromatic rings. The van der Waals surface area contributed by atoms with Gasteiger partial charge in [0.05, 0.1) is 12.2 Å². The van der Waals surface area contributed by atoms with Crippen LogP contribution in [0, 0.1) is 0 Å². The van der Waals surface area contributed by atoms with Crippen molar-refractivity contribution in [1.82, 2.24) is 14.9 Å². The summed E-state index contributed by atoms with van der Waals surface area (Å²) < 4.78 is 43.3. The molecule has 0 spiro atoms. The Morgan fingerprint density at radius 2 is 2.04 bits per heavy atom. The summed E-state index contributed by atoms with van der Waals surface area (Å²) in [7, 11) is 1.77. The Morgan fingerprint density at radius 1 is 1.29 bits per heavy atom. The number of carbonyl (C=O) groups excluding carboxylic acids is 1. The van der Waals surface area contributed by atoms with E-state index in [2.05, 4.69) is 10.3 Å². The maximum absolute atomic E-state index is 12.7. The van der Waals surface area contributed by atoms with Gasteiger partial charge in [0.1, 0.15) is 11.4 Å². The average molecular weight is 412 g/mol. The Labute approximate surface area is 164 Å². The van der Waals surface area contributed by atoms with Gasteiger partial charge in [-0.15, -0.1) is 0 Å². The van der Waals surface area contributed by atoms with Crippen LogP contribution >= 0.6 is 11.6 Å². The number of fused-ring (bicyclic) bond motifs is 1. The lowest BCUT2D eigenvalue weighted by Crippen LogP contribution is -2.28. The number of nitrogens with zero attached hydrogens (tertiary/aromatic N) is 2. The molecule has 0 saturated heterocycles. The quantitative estimate of drug-likeness (QED) is 0.664. The molecule has 2 heterocycles. The molecule has 0 saturated carbocycles. The summed E-state index contributed by atoms with van der Waals surface area (Å²) in [5.74, 6) is -0.348. The van der Waals surface area contributed by atoms with Crippen molar-refractivity contribution in [2.24, 2.45) is 7.05 Å². The van der Waals surface area contributed by atoms with Crippen molar-refractivity contribution in [1.29, 1.82) is 0 Å². The molecule has 5 nitrogen and oxygen atoms in total. The molecule has 0 fully saturated rings.